The van der Waals surface area contributed by atoms with Crippen LogP contribution in [0.15, 0.2) is 30.3 Å². The Hall–Kier alpha value is -1.84. The van der Waals surface area contributed by atoms with Gasteiger partial charge in [-0.3, -0.25) is 4.79 Å². The molecule has 2 amide bonds. The van der Waals surface area contributed by atoms with Gasteiger partial charge in [0.25, 0.3) is 0 Å². The summed E-state index contributed by atoms with van der Waals surface area (Å²) >= 11 is 0. The van der Waals surface area contributed by atoms with Crippen LogP contribution in [0, 0.1) is 0 Å². The van der Waals surface area contributed by atoms with Crippen molar-refractivity contribution in [3.05, 3.63) is 35.9 Å². The number of carbonyl (C=O) groups is 2. The number of unbranched alkanes of at least 4 members (excludes halogenated alkanes) is 7. The summed E-state index contributed by atoms with van der Waals surface area (Å²) in [5.41, 5.74) is 0.917. The average Bonchev–Trinajstić information content (AvgIpc) is 2.63. The molecule has 4 heteroatoms. The fraction of sp³-hybridized carbons (Fsp3) is 0.636. The van der Waals surface area contributed by atoms with Crippen molar-refractivity contribution in [3.8, 4) is 0 Å². The molecule has 1 rings (SSSR count). The van der Waals surface area contributed by atoms with Crippen molar-refractivity contribution in [2.24, 2.45) is 0 Å². The molecule has 0 heterocycles. The van der Waals surface area contributed by atoms with E-state index in [1.54, 1.807) is 0 Å². The van der Waals surface area contributed by atoms with Crippen LogP contribution >= 0.6 is 0 Å². The van der Waals surface area contributed by atoms with Gasteiger partial charge in [-0.2, -0.15) is 0 Å². The number of rotatable bonds is 12. The first-order valence-corrected chi connectivity index (χ1v) is 10.1. The SMILES string of the molecule is CCCCCCCCCCC(C)N(C(C)=O)C(=O)OCc1ccccc1. The Morgan fingerprint density at radius 3 is 2.12 bits per heavy atom. The van der Waals surface area contributed by atoms with E-state index in [1.165, 1.54) is 50.3 Å². The van der Waals surface area contributed by atoms with E-state index in [9.17, 15) is 9.59 Å². The minimum atomic E-state index is -0.548. The summed E-state index contributed by atoms with van der Waals surface area (Å²) in [6.07, 6.45) is 10.2. The first-order valence-electron chi connectivity index (χ1n) is 10.1. The van der Waals surface area contributed by atoms with E-state index in [1.807, 2.05) is 37.3 Å². The van der Waals surface area contributed by atoms with Crippen LogP contribution in [0.5, 0.6) is 0 Å². The van der Waals surface area contributed by atoms with Gasteiger partial charge in [-0.25, -0.2) is 9.69 Å². The number of hydrogen-bond acceptors (Lipinski definition) is 3. The highest BCUT2D eigenvalue weighted by Crippen LogP contribution is 2.15. The van der Waals surface area contributed by atoms with Crippen LogP contribution in [-0.4, -0.2) is 22.9 Å². The lowest BCUT2D eigenvalue weighted by Crippen LogP contribution is -2.42. The summed E-state index contributed by atoms with van der Waals surface area (Å²) in [6.45, 7) is 5.77. The Balaban J connectivity index is 2.31. The fourth-order valence-electron chi connectivity index (χ4n) is 3.11. The number of benzene rings is 1. The molecule has 0 spiro atoms. The zero-order valence-electron chi connectivity index (χ0n) is 16.7. The van der Waals surface area contributed by atoms with Crippen LogP contribution in [0.25, 0.3) is 0 Å². The largest absolute Gasteiger partial charge is 0.444 e. The van der Waals surface area contributed by atoms with Gasteiger partial charge in [0.1, 0.15) is 6.61 Å². The Kier molecular flexibility index (Phi) is 11.4. The van der Waals surface area contributed by atoms with Gasteiger partial charge in [0.15, 0.2) is 0 Å². The van der Waals surface area contributed by atoms with E-state index in [2.05, 4.69) is 6.92 Å². The van der Waals surface area contributed by atoms with Crippen LogP contribution in [0.2, 0.25) is 0 Å². The molecule has 0 aliphatic rings. The molecule has 0 fully saturated rings. The monoisotopic (exact) mass is 361 g/mol. The van der Waals surface area contributed by atoms with Crippen LogP contribution in [0.1, 0.15) is 84.1 Å². The van der Waals surface area contributed by atoms with Crippen molar-refractivity contribution in [2.45, 2.75) is 91.2 Å². The van der Waals surface area contributed by atoms with Gasteiger partial charge in [-0.15, -0.1) is 0 Å². The highest BCUT2D eigenvalue weighted by atomic mass is 16.6. The summed E-state index contributed by atoms with van der Waals surface area (Å²) in [5.74, 6) is -0.255. The van der Waals surface area contributed by atoms with E-state index in [-0.39, 0.29) is 18.6 Å². The summed E-state index contributed by atoms with van der Waals surface area (Å²) < 4.78 is 5.32. The van der Waals surface area contributed by atoms with Gasteiger partial charge < -0.3 is 4.74 Å². The first kappa shape index (κ1) is 22.2. The summed E-state index contributed by atoms with van der Waals surface area (Å²) in [4.78, 5) is 25.5. The van der Waals surface area contributed by atoms with Gasteiger partial charge in [-0.05, 0) is 18.9 Å². The van der Waals surface area contributed by atoms with Gasteiger partial charge in [0, 0.05) is 13.0 Å². The highest BCUT2D eigenvalue weighted by molar-refractivity contribution is 5.90. The number of carbonyl (C=O) groups excluding carboxylic acids is 2. The average molecular weight is 362 g/mol. The van der Waals surface area contributed by atoms with Gasteiger partial charge in [0.2, 0.25) is 5.91 Å². The standard InChI is InChI=1S/C22H35NO3/c1-4-5-6-7-8-9-10-12-15-19(2)23(20(3)24)22(25)26-18-21-16-13-11-14-17-21/h11,13-14,16-17,19H,4-10,12,15,18H2,1-3H3. The minimum absolute atomic E-state index is 0.129. The van der Waals surface area contributed by atoms with Crippen molar-refractivity contribution < 1.29 is 14.3 Å². The van der Waals surface area contributed by atoms with E-state index in [4.69, 9.17) is 4.74 Å². The second-order valence-corrected chi connectivity index (χ2v) is 7.04. The molecule has 1 unspecified atom stereocenters. The van der Waals surface area contributed by atoms with Crippen molar-refractivity contribution in [1.82, 2.24) is 4.90 Å². The molecule has 146 valence electrons. The predicted molar refractivity (Wildman–Crippen MR) is 106 cm³/mol. The molecule has 0 saturated carbocycles. The zero-order chi connectivity index (χ0) is 19.2. The topological polar surface area (TPSA) is 46.6 Å². The summed E-state index contributed by atoms with van der Waals surface area (Å²) in [5, 5.41) is 0. The highest BCUT2D eigenvalue weighted by Gasteiger charge is 2.25. The van der Waals surface area contributed by atoms with Gasteiger partial charge in [0.05, 0.1) is 0 Å². The molecule has 1 aromatic carbocycles. The third-order valence-corrected chi connectivity index (χ3v) is 4.66. The Morgan fingerprint density at radius 1 is 0.962 bits per heavy atom. The second kappa shape index (κ2) is 13.4. The number of ether oxygens (including phenoxy) is 1. The van der Waals surface area contributed by atoms with E-state index in [0.29, 0.717) is 0 Å². The fourth-order valence-corrected chi connectivity index (χ4v) is 3.11. The Morgan fingerprint density at radius 2 is 1.54 bits per heavy atom. The molecule has 0 saturated heterocycles. The Bertz CT molecular complexity index is 515. The van der Waals surface area contributed by atoms with Crippen LogP contribution in [-0.2, 0) is 16.1 Å². The van der Waals surface area contributed by atoms with Gasteiger partial charge >= 0.3 is 6.09 Å². The molecule has 0 N–H and O–H groups in total. The third-order valence-electron chi connectivity index (χ3n) is 4.66. The molecular formula is C22H35NO3. The molecule has 0 radical (unpaired) electrons. The molecule has 4 nitrogen and oxygen atoms in total. The number of hydrogen-bond donors (Lipinski definition) is 0. The smallest absolute Gasteiger partial charge is 0.417 e. The van der Waals surface area contributed by atoms with Crippen molar-refractivity contribution in [3.63, 3.8) is 0 Å². The lowest BCUT2D eigenvalue weighted by atomic mass is 10.0. The van der Waals surface area contributed by atoms with Gasteiger partial charge in [-0.1, -0.05) is 88.6 Å². The molecule has 0 aromatic heterocycles. The van der Waals surface area contributed by atoms with E-state index >= 15 is 0 Å². The normalized spacial score (nSPS) is 11.8. The minimum Gasteiger partial charge on any atom is -0.444 e. The molecule has 26 heavy (non-hydrogen) atoms. The Labute approximate surface area is 158 Å². The number of amides is 2. The van der Waals surface area contributed by atoms with Crippen molar-refractivity contribution in [2.75, 3.05) is 0 Å². The molecule has 0 aliphatic carbocycles. The van der Waals surface area contributed by atoms with E-state index < -0.39 is 6.09 Å². The first-order chi connectivity index (χ1) is 12.6. The summed E-state index contributed by atoms with van der Waals surface area (Å²) in [6, 6.07) is 9.38. The van der Waals surface area contributed by atoms with Crippen molar-refractivity contribution >= 4 is 12.0 Å². The summed E-state index contributed by atoms with van der Waals surface area (Å²) in [7, 11) is 0. The zero-order valence-corrected chi connectivity index (χ0v) is 16.7. The number of imide groups is 1. The van der Waals surface area contributed by atoms with Crippen LogP contribution in [0.3, 0.4) is 0 Å². The molecule has 0 aliphatic heterocycles. The number of nitrogens with zero attached hydrogens (tertiary/aromatic N) is 1. The predicted octanol–water partition coefficient (Wildman–Crippen LogP) is 6.09. The molecular weight excluding hydrogens is 326 g/mol. The molecule has 1 atom stereocenters. The van der Waals surface area contributed by atoms with Crippen LogP contribution in [0.4, 0.5) is 4.79 Å². The van der Waals surface area contributed by atoms with Crippen LogP contribution < -0.4 is 0 Å². The lowest BCUT2D eigenvalue weighted by Gasteiger charge is -2.25. The maximum atomic E-state index is 12.3. The van der Waals surface area contributed by atoms with Crippen molar-refractivity contribution in [1.29, 1.82) is 0 Å². The molecule has 1 aromatic rings. The second-order valence-electron chi connectivity index (χ2n) is 7.04. The van der Waals surface area contributed by atoms with E-state index in [0.717, 1.165) is 24.8 Å². The quantitative estimate of drug-likeness (QED) is 0.423. The third kappa shape index (κ3) is 9.02. The lowest BCUT2D eigenvalue weighted by molar-refractivity contribution is -0.129. The maximum Gasteiger partial charge on any atom is 0.417 e. The molecule has 0 bridgehead atoms. The maximum absolute atomic E-state index is 12.3.